The highest BCUT2D eigenvalue weighted by atomic mass is 16.5. The summed E-state index contributed by atoms with van der Waals surface area (Å²) in [7, 11) is 0. The molecule has 1 aliphatic heterocycles. The summed E-state index contributed by atoms with van der Waals surface area (Å²) in [6, 6.07) is 8.41. The van der Waals surface area contributed by atoms with Crippen molar-refractivity contribution in [1.82, 2.24) is 15.5 Å². The molecule has 0 spiro atoms. The summed E-state index contributed by atoms with van der Waals surface area (Å²) >= 11 is 0. The Labute approximate surface area is 192 Å². The van der Waals surface area contributed by atoms with Gasteiger partial charge in [-0.1, -0.05) is 58.0 Å². The van der Waals surface area contributed by atoms with E-state index in [4.69, 9.17) is 4.74 Å². The van der Waals surface area contributed by atoms with Crippen molar-refractivity contribution in [2.24, 2.45) is 11.8 Å². The second-order valence-electron chi connectivity index (χ2n) is 9.70. The lowest BCUT2D eigenvalue weighted by Gasteiger charge is -2.37. The SMILES string of the molecule is CC(C)CCCN1CCC(NC(=O)[C@H](CC(C)C)NC(=O)OCc2ccccc2)C(O)C1. The Kier molecular flexibility index (Phi) is 11.0. The molecule has 2 rings (SSSR count). The smallest absolute Gasteiger partial charge is 0.408 e. The van der Waals surface area contributed by atoms with Crippen LogP contribution in [0.3, 0.4) is 0 Å². The lowest BCUT2D eigenvalue weighted by molar-refractivity contribution is -0.125. The second kappa shape index (κ2) is 13.4. The van der Waals surface area contributed by atoms with Crippen LogP contribution in [-0.2, 0) is 16.1 Å². The number of aliphatic hydroxyl groups is 1. The molecule has 7 nitrogen and oxygen atoms in total. The maximum atomic E-state index is 12.9. The molecule has 0 radical (unpaired) electrons. The summed E-state index contributed by atoms with van der Waals surface area (Å²) in [5.41, 5.74) is 0.885. The van der Waals surface area contributed by atoms with Crippen molar-refractivity contribution < 1.29 is 19.4 Å². The average Bonchev–Trinajstić information content (AvgIpc) is 2.74. The van der Waals surface area contributed by atoms with Gasteiger partial charge < -0.3 is 25.4 Å². The molecule has 0 saturated carbocycles. The molecule has 1 aromatic carbocycles. The fourth-order valence-corrected chi connectivity index (χ4v) is 3.98. The van der Waals surface area contributed by atoms with E-state index in [0.717, 1.165) is 25.1 Å². The molecule has 1 saturated heterocycles. The maximum Gasteiger partial charge on any atom is 0.408 e. The zero-order valence-corrected chi connectivity index (χ0v) is 20.0. The van der Waals surface area contributed by atoms with Crippen molar-refractivity contribution in [2.75, 3.05) is 19.6 Å². The molecule has 0 aromatic heterocycles. The molecule has 3 N–H and O–H groups in total. The number of benzene rings is 1. The quantitative estimate of drug-likeness (QED) is 0.484. The molecule has 2 unspecified atom stereocenters. The monoisotopic (exact) mass is 447 g/mol. The van der Waals surface area contributed by atoms with E-state index in [-0.39, 0.29) is 24.5 Å². The van der Waals surface area contributed by atoms with Gasteiger partial charge in [-0.25, -0.2) is 4.79 Å². The van der Waals surface area contributed by atoms with Gasteiger partial charge in [-0.15, -0.1) is 0 Å². The molecule has 1 heterocycles. The number of alkyl carbamates (subject to hydrolysis) is 1. The Morgan fingerprint density at radius 1 is 1.16 bits per heavy atom. The molecular formula is C25H41N3O4. The summed E-state index contributed by atoms with van der Waals surface area (Å²) in [6.07, 6.45) is 2.26. The first kappa shape index (κ1) is 26.1. The van der Waals surface area contributed by atoms with Gasteiger partial charge in [-0.3, -0.25) is 4.79 Å². The minimum Gasteiger partial charge on any atom is -0.445 e. The number of carbonyl (C=O) groups is 2. The molecule has 180 valence electrons. The van der Waals surface area contributed by atoms with Crippen LogP contribution in [0.25, 0.3) is 0 Å². The molecule has 1 aromatic rings. The van der Waals surface area contributed by atoms with Crippen LogP contribution in [0.5, 0.6) is 0 Å². The fourth-order valence-electron chi connectivity index (χ4n) is 3.98. The van der Waals surface area contributed by atoms with Gasteiger partial charge in [0, 0.05) is 13.1 Å². The first-order valence-corrected chi connectivity index (χ1v) is 11.9. The number of hydrogen-bond acceptors (Lipinski definition) is 5. The van der Waals surface area contributed by atoms with E-state index in [0.29, 0.717) is 25.3 Å². The highest BCUT2D eigenvalue weighted by Gasteiger charge is 2.31. The first-order valence-electron chi connectivity index (χ1n) is 11.9. The van der Waals surface area contributed by atoms with Crippen molar-refractivity contribution in [3.63, 3.8) is 0 Å². The minimum atomic E-state index is -0.699. The number of ether oxygens (including phenoxy) is 1. The average molecular weight is 448 g/mol. The van der Waals surface area contributed by atoms with Crippen molar-refractivity contribution in [3.05, 3.63) is 35.9 Å². The van der Waals surface area contributed by atoms with Crippen LogP contribution in [-0.4, -0.2) is 59.8 Å². The van der Waals surface area contributed by atoms with E-state index >= 15 is 0 Å². The Morgan fingerprint density at radius 3 is 2.50 bits per heavy atom. The van der Waals surface area contributed by atoms with Gasteiger partial charge >= 0.3 is 6.09 Å². The number of amides is 2. The number of rotatable bonds is 11. The molecular weight excluding hydrogens is 406 g/mol. The number of carbonyl (C=O) groups excluding carboxylic acids is 2. The summed E-state index contributed by atoms with van der Waals surface area (Å²) in [4.78, 5) is 27.5. The van der Waals surface area contributed by atoms with Gasteiger partial charge in [0.15, 0.2) is 0 Å². The van der Waals surface area contributed by atoms with Crippen molar-refractivity contribution in [3.8, 4) is 0 Å². The molecule has 0 bridgehead atoms. The van der Waals surface area contributed by atoms with Crippen LogP contribution in [0, 0.1) is 11.8 Å². The van der Waals surface area contributed by atoms with Gasteiger partial charge in [-0.05, 0) is 49.6 Å². The third-order valence-corrected chi connectivity index (χ3v) is 5.78. The van der Waals surface area contributed by atoms with E-state index in [1.54, 1.807) is 0 Å². The van der Waals surface area contributed by atoms with Gasteiger partial charge in [0.1, 0.15) is 12.6 Å². The van der Waals surface area contributed by atoms with E-state index in [1.165, 1.54) is 6.42 Å². The minimum absolute atomic E-state index is 0.149. The largest absolute Gasteiger partial charge is 0.445 e. The first-order chi connectivity index (χ1) is 15.2. The molecule has 7 heteroatoms. The Hall–Kier alpha value is -2.12. The lowest BCUT2D eigenvalue weighted by Crippen LogP contribution is -2.57. The van der Waals surface area contributed by atoms with Gasteiger partial charge in [0.2, 0.25) is 5.91 Å². The van der Waals surface area contributed by atoms with Crippen LogP contribution in [0.4, 0.5) is 4.79 Å². The summed E-state index contributed by atoms with van der Waals surface area (Å²) < 4.78 is 5.28. The zero-order chi connectivity index (χ0) is 23.5. The Bertz CT molecular complexity index is 696. The zero-order valence-electron chi connectivity index (χ0n) is 20.0. The second-order valence-corrected chi connectivity index (χ2v) is 9.70. The molecule has 2 amide bonds. The van der Waals surface area contributed by atoms with Gasteiger partial charge in [-0.2, -0.15) is 0 Å². The normalized spacial score (nSPS) is 20.2. The molecule has 0 aliphatic carbocycles. The number of piperidine rings is 1. The standard InChI is InChI=1S/C25H41N3O4/c1-18(2)9-8-13-28-14-12-21(23(29)16-28)26-24(30)22(15-19(3)4)27-25(31)32-17-20-10-6-5-7-11-20/h5-7,10-11,18-19,21-23,29H,8-9,12-17H2,1-4H3,(H,26,30)(H,27,31)/t21?,22-,23?/m0/s1. The Balaban J connectivity index is 1.83. The van der Waals surface area contributed by atoms with Crippen molar-refractivity contribution in [1.29, 1.82) is 0 Å². The van der Waals surface area contributed by atoms with E-state index in [2.05, 4.69) is 29.4 Å². The molecule has 3 atom stereocenters. The fraction of sp³-hybridized carbons (Fsp3) is 0.680. The predicted octanol–water partition coefficient (Wildman–Crippen LogP) is 3.32. The lowest BCUT2D eigenvalue weighted by atomic mass is 9.98. The predicted molar refractivity (Wildman–Crippen MR) is 126 cm³/mol. The highest BCUT2D eigenvalue weighted by Crippen LogP contribution is 2.15. The molecule has 1 fully saturated rings. The van der Waals surface area contributed by atoms with Crippen molar-refractivity contribution in [2.45, 2.75) is 78.2 Å². The number of β-amino-alcohol motifs (C(OH)–C–C–N with tert-alkyl or cyclic N) is 1. The maximum absolute atomic E-state index is 12.9. The summed E-state index contributed by atoms with van der Waals surface area (Å²) in [5.74, 6) is 0.627. The van der Waals surface area contributed by atoms with E-state index in [1.807, 2.05) is 44.2 Å². The number of nitrogens with zero attached hydrogens (tertiary/aromatic N) is 1. The van der Waals surface area contributed by atoms with E-state index in [9.17, 15) is 14.7 Å². The van der Waals surface area contributed by atoms with Gasteiger partial charge in [0.25, 0.3) is 0 Å². The number of hydrogen-bond donors (Lipinski definition) is 3. The number of aliphatic hydroxyl groups excluding tert-OH is 1. The van der Waals surface area contributed by atoms with Crippen LogP contribution in [0.2, 0.25) is 0 Å². The van der Waals surface area contributed by atoms with Crippen LogP contribution < -0.4 is 10.6 Å². The number of nitrogens with one attached hydrogen (secondary N) is 2. The number of likely N-dealkylation sites (tertiary alicyclic amines) is 1. The topological polar surface area (TPSA) is 90.9 Å². The van der Waals surface area contributed by atoms with Crippen LogP contribution >= 0.6 is 0 Å². The van der Waals surface area contributed by atoms with Crippen LogP contribution in [0.15, 0.2) is 30.3 Å². The third-order valence-electron chi connectivity index (χ3n) is 5.78. The molecule has 32 heavy (non-hydrogen) atoms. The van der Waals surface area contributed by atoms with E-state index < -0.39 is 18.2 Å². The van der Waals surface area contributed by atoms with Crippen LogP contribution in [0.1, 0.15) is 58.9 Å². The third kappa shape index (κ3) is 9.57. The summed E-state index contributed by atoms with van der Waals surface area (Å²) in [6.45, 7) is 11.0. The summed E-state index contributed by atoms with van der Waals surface area (Å²) in [5, 5.41) is 16.3. The Morgan fingerprint density at radius 2 is 1.88 bits per heavy atom. The van der Waals surface area contributed by atoms with Crippen molar-refractivity contribution >= 4 is 12.0 Å². The molecule has 1 aliphatic rings. The van der Waals surface area contributed by atoms with Gasteiger partial charge in [0.05, 0.1) is 12.1 Å². The highest BCUT2D eigenvalue weighted by molar-refractivity contribution is 5.85.